The van der Waals surface area contributed by atoms with E-state index < -0.39 is 5.97 Å². The molecule has 0 saturated carbocycles. The van der Waals surface area contributed by atoms with Crippen LogP contribution in [0.3, 0.4) is 0 Å². The number of hydrogen-bond acceptors (Lipinski definition) is 3. The summed E-state index contributed by atoms with van der Waals surface area (Å²) in [5.41, 5.74) is 1.65. The van der Waals surface area contributed by atoms with Crippen LogP contribution in [0.25, 0.3) is 5.69 Å². The van der Waals surface area contributed by atoms with Crippen molar-refractivity contribution in [3.05, 3.63) is 52.7 Å². The average Bonchev–Trinajstić information content (AvgIpc) is 3.07. The molecule has 3 N–H and O–H groups in total. The van der Waals surface area contributed by atoms with Crippen molar-refractivity contribution >= 4 is 5.97 Å². The Kier molecular flexibility index (Phi) is 3.15. The van der Waals surface area contributed by atoms with E-state index in [-0.39, 0.29) is 17.6 Å². The fraction of sp³-hybridized carbons (Fsp3) is 0.286. The van der Waals surface area contributed by atoms with Crippen LogP contribution in [0.4, 0.5) is 0 Å². The van der Waals surface area contributed by atoms with Gasteiger partial charge in [-0.15, -0.1) is 0 Å². The highest BCUT2D eigenvalue weighted by atomic mass is 16.4. The van der Waals surface area contributed by atoms with Crippen LogP contribution in [0.2, 0.25) is 0 Å². The number of H-pyrrole nitrogens is 1. The molecule has 1 saturated heterocycles. The SMILES string of the molecule is O=C(O)C1CNC(c2ccc(-n3cc[nH]c3=O)cc2)C1. The van der Waals surface area contributed by atoms with E-state index in [0.29, 0.717) is 13.0 Å². The van der Waals surface area contributed by atoms with Gasteiger partial charge in [0.15, 0.2) is 0 Å². The molecule has 2 atom stereocenters. The molecule has 104 valence electrons. The summed E-state index contributed by atoms with van der Waals surface area (Å²) in [7, 11) is 0. The highest BCUT2D eigenvalue weighted by Gasteiger charge is 2.29. The molecule has 0 radical (unpaired) electrons. The molecule has 0 bridgehead atoms. The van der Waals surface area contributed by atoms with E-state index in [0.717, 1.165) is 11.3 Å². The summed E-state index contributed by atoms with van der Waals surface area (Å²) < 4.78 is 1.52. The van der Waals surface area contributed by atoms with Crippen molar-refractivity contribution in [1.82, 2.24) is 14.9 Å². The summed E-state index contributed by atoms with van der Waals surface area (Å²) in [4.78, 5) is 25.0. The Morgan fingerprint density at radius 1 is 1.30 bits per heavy atom. The van der Waals surface area contributed by atoms with Gasteiger partial charge in [-0.3, -0.25) is 9.36 Å². The van der Waals surface area contributed by atoms with Crippen molar-refractivity contribution < 1.29 is 9.90 Å². The van der Waals surface area contributed by atoms with Gasteiger partial charge in [0.05, 0.1) is 11.6 Å². The fourth-order valence-corrected chi connectivity index (χ4v) is 2.57. The first kappa shape index (κ1) is 12.7. The number of nitrogens with one attached hydrogen (secondary N) is 2. The molecule has 0 amide bonds. The number of carbonyl (C=O) groups is 1. The first-order valence-corrected chi connectivity index (χ1v) is 6.47. The molecule has 20 heavy (non-hydrogen) atoms. The van der Waals surface area contributed by atoms with E-state index in [1.165, 1.54) is 4.57 Å². The second-order valence-electron chi connectivity index (χ2n) is 4.96. The maximum absolute atomic E-state index is 11.5. The normalized spacial score (nSPS) is 22.0. The number of aromatic nitrogens is 2. The number of carboxylic acid groups (broad SMARTS) is 1. The highest BCUT2D eigenvalue weighted by Crippen LogP contribution is 2.27. The highest BCUT2D eigenvalue weighted by molar-refractivity contribution is 5.70. The van der Waals surface area contributed by atoms with Crippen LogP contribution in [0.5, 0.6) is 0 Å². The Labute approximate surface area is 115 Å². The third-order valence-corrected chi connectivity index (χ3v) is 3.70. The number of imidazole rings is 1. The number of rotatable bonds is 3. The molecule has 1 fully saturated rings. The minimum atomic E-state index is -0.754. The third kappa shape index (κ3) is 2.25. The summed E-state index contributed by atoms with van der Waals surface area (Å²) >= 11 is 0. The summed E-state index contributed by atoms with van der Waals surface area (Å²) in [6, 6.07) is 7.64. The number of benzene rings is 1. The Bertz CT molecular complexity index is 671. The molecule has 6 nitrogen and oxygen atoms in total. The summed E-state index contributed by atoms with van der Waals surface area (Å²) in [5.74, 6) is -1.08. The van der Waals surface area contributed by atoms with Crippen molar-refractivity contribution in [2.75, 3.05) is 6.54 Å². The summed E-state index contributed by atoms with van der Waals surface area (Å²) in [6.45, 7) is 0.499. The second-order valence-corrected chi connectivity index (χ2v) is 4.96. The van der Waals surface area contributed by atoms with E-state index in [1.807, 2.05) is 24.3 Å². The zero-order chi connectivity index (χ0) is 14.1. The molecule has 0 spiro atoms. The molecule has 0 aliphatic carbocycles. The number of aromatic amines is 1. The van der Waals surface area contributed by atoms with Gasteiger partial charge in [-0.05, 0) is 24.1 Å². The van der Waals surface area contributed by atoms with Gasteiger partial charge in [0.1, 0.15) is 0 Å². The Morgan fingerprint density at radius 3 is 2.60 bits per heavy atom. The summed E-state index contributed by atoms with van der Waals surface area (Å²) in [5, 5.41) is 12.2. The number of carboxylic acids is 1. The lowest BCUT2D eigenvalue weighted by Crippen LogP contribution is -2.17. The van der Waals surface area contributed by atoms with E-state index in [9.17, 15) is 9.59 Å². The molecular weight excluding hydrogens is 258 g/mol. The van der Waals surface area contributed by atoms with Gasteiger partial charge in [-0.2, -0.15) is 0 Å². The smallest absolute Gasteiger partial charge is 0.330 e. The molecule has 2 unspecified atom stereocenters. The lowest BCUT2D eigenvalue weighted by molar-refractivity contribution is -0.141. The van der Waals surface area contributed by atoms with Gasteiger partial charge in [0.2, 0.25) is 0 Å². The van der Waals surface area contributed by atoms with Crippen LogP contribution in [0.1, 0.15) is 18.0 Å². The van der Waals surface area contributed by atoms with Crippen LogP contribution >= 0.6 is 0 Å². The maximum atomic E-state index is 11.5. The Hall–Kier alpha value is -2.34. The summed E-state index contributed by atoms with van der Waals surface area (Å²) in [6.07, 6.45) is 3.86. The molecule has 3 rings (SSSR count). The van der Waals surface area contributed by atoms with Crippen molar-refractivity contribution in [3.63, 3.8) is 0 Å². The maximum Gasteiger partial charge on any atom is 0.330 e. The van der Waals surface area contributed by atoms with Gasteiger partial charge in [0.25, 0.3) is 0 Å². The molecule has 2 aromatic rings. The number of aliphatic carboxylic acids is 1. The first-order chi connectivity index (χ1) is 9.65. The van der Waals surface area contributed by atoms with Crippen molar-refractivity contribution in [2.24, 2.45) is 5.92 Å². The molecule has 1 aromatic carbocycles. The minimum absolute atomic E-state index is 0.0631. The third-order valence-electron chi connectivity index (χ3n) is 3.70. The minimum Gasteiger partial charge on any atom is -0.481 e. The Balaban J connectivity index is 1.79. The number of hydrogen-bond donors (Lipinski definition) is 3. The van der Waals surface area contributed by atoms with Gasteiger partial charge in [-0.25, -0.2) is 4.79 Å². The molecule has 2 heterocycles. The van der Waals surface area contributed by atoms with E-state index >= 15 is 0 Å². The molecule has 1 aromatic heterocycles. The van der Waals surface area contributed by atoms with Crippen molar-refractivity contribution in [2.45, 2.75) is 12.5 Å². The predicted molar refractivity (Wildman–Crippen MR) is 72.9 cm³/mol. The molecule has 1 aliphatic heterocycles. The first-order valence-electron chi connectivity index (χ1n) is 6.47. The van der Waals surface area contributed by atoms with E-state index in [2.05, 4.69) is 10.3 Å². The van der Waals surface area contributed by atoms with Crippen LogP contribution < -0.4 is 11.0 Å². The predicted octanol–water partition coefficient (Wildman–Crippen LogP) is 0.901. The van der Waals surface area contributed by atoms with Crippen molar-refractivity contribution in [1.29, 1.82) is 0 Å². The zero-order valence-electron chi connectivity index (χ0n) is 10.7. The monoisotopic (exact) mass is 273 g/mol. The fourth-order valence-electron chi connectivity index (χ4n) is 2.57. The van der Waals surface area contributed by atoms with Crippen LogP contribution in [0.15, 0.2) is 41.5 Å². The zero-order valence-corrected chi connectivity index (χ0v) is 10.7. The standard InChI is InChI=1S/C14H15N3O3/c18-13(19)10-7-12(16-8-10)9-1-3-11(4-2-9)17-6-5-15-14(17)20/h1-6,10,12,16H,7-8H2,(H,15,20)(H,18,19). The van der Waals surface area contributed by atoms with E-state index in [4.69, 9.17) is 5.11 Å². The van der Waals surface area contributed by atoms with Crippen LogP contribution in [-0.4, -0.2) is 27.2 Å². The van der Waals surface area contributed by atoms with Gasteiger partial charge >= 0.3 is 11.7 Å². The molecular formula is C14H15N3O3. The van der Waals surface area contributed by atoms with Crippen molar-refractivity contribution in [3.8, 4) is 5.69 Å². The Morgan fingerprint density at radius 2 is 2.05 bits per heavy atom. The van der Waals surface area contributed by atoms with Gasteiger partial charge in [0, 0.05) is 25.0 Å². The van der Waals surface area contributed by atoms with Gasteiger partial charge in [-0.1, -0.05) is 12.1 Å². The second kappa shape index (κ2) is 4.97. The largest absolute Gasteiger partial charge is 0.481 e. The van der Waals surface area contributed by atoms with E-state index in [1.54, 1.807) is 12.4 Å². The quantitative estimate of drug-likeness (QED) is 0.775. The molecule has 6 heteroatoms. The van der Waals surface area contributed by atoms with Gasteiger partial charge < -0.3 is 15.4 Å². The van der Waals surface area contributed by atoms with Crippen LogP contribution in [-0.2, 0) is 4.79 Å². The van der Waals surface area contributed by atoms with Crippen LogP contribution in [0, 0.1) is 5.92 Å². The molecule has 1 aliphatic rings. The lowest BCUT2D eigenvalue weighted by Gasteiger charge is -2.11. The topological polar surface area (TPSA) is 87.1 Å². The average molecular weight is 273 g/mol. The lowest BCUT2D eigenvalue weighted by atomic mass is 10.00. The number of nitrogens with zero attached hydrogens (tertiary/aromatic N) is 1.